The Balaban J connectivity index is 1.52. The fraction of sp³-hybridized carbons (Fsp3) is 0.636. The van der Waals surface area contributed by atoms with E-state index in [4.69, 9.17) is 0 Å². The number of rotatable bonds is 7. The van der Waals surface area contributed by atoms with Crippen molar-refractivity contribution < 1.29 is 13.2 Å². The summed E-state index contributed by atoms with van der Waals surface area (Å²) in [5.74, 6) is 1.24. The van der Waals surface area contributed by atoms with E-state index in [0.29, 0.717) is 30.9 Å². The number of nitrogens with one attached hydrogen (secondary N) is 2. The molecular weight excluding hydrogens is 386 g/mol. The molecule has 160 valence electrons. The van der Waals surface area contributed by atoms with E-state index in [1.54, 1.807) is 18.2 Å². The van der Waals surface area contributed by atoms with Gasteiger partial charge in [0.1, 0.15) is 5.84 Å². The molecule has 6 nitrogen and oxygen atoms in total. The van der Waals surface area contributed by atoms with Crippen LogP contribution in [0.5, 0.6) is 0 Å². The molecule has 1 saturated carbocycles. The van der Waals surface area contributed by atoms with Crippen molar-refractivity contribution in [2.24, 2.45) is 10.9 Å². The van der Waals surface area contributed by atoms with Crippen LogP contribution in [0.15, 0.2) is 34.2 Å². The molecule has 0 atom stereocenters. The molecule has 0 bridgehead atoms. The first kappa shape index (κ1) is 21.8. The molecule has 2 aliphatic rings. The summed E-state index contributed by atoms with van der Waals surface area (Å²) in [6.07, 6.45) is 12.7. The number of carbonyl (C=O) groups is 1. The Bertz CT molecular complexity index is 814. The number of aliphatic imine (C=N–C) groups is 1. The average Bonchev–Trinajstić information content (AvgIpc) is 2.97. The van der Waals surface area contributed by atoms with Gasteiger partial charge in [0.2, 0.25) is 5.91 Å². The number of sulfonamides is 1. The van der Waals surface area contributed by atoms with Crippen molar-refractivity contribution >= 4 is 27.5 Å². The molecule has 29 heavy (non-hydrogen) atoms. The van der Waals surface area contributed by atoms with Gasteiger partial charge in [0, 0.05) is 25.1 Å². The number of amides is 1. The molecule has 1 aromatic rings. The van der Waals surface area contributed by atoms with Crippen molar-refractivity contribution in [3.63, 3.8) is 0 Å². The van der Waals surface area contributed by atoms with Gasteiger partial charge in [-0.05, 0) is 49.8 Å². The zero-order chi connectivity index (χ0) is 20.5. The number of anilines is 1. The zero-order valence-electron chi connectivity index (χ0n) is 17.2. The minimum Gasteiger partial charge on any atom is -0.326 e. The average molecular weight is 420 g/mol. The third-order valence-electron chi connectivity index (χ3n) is 5.80. The van der Waals surface area contributed by atoms with Crippen LogP contribution in [0.25, 0.3) is 0 Å². The van der Waals surface area contributed by atoms with E-state index in [1.165, 1.54) is 38.2 Å². The Hall–Kier alpha value is -1.89. The van der Waals surface area contributed by atoms with E-state index >= 15 is 0 Å². The minimum atomic E-state index is -3.70. The SMILES string of the molecule is O=C(CCCC1CCCCC1)Nc1cccc(S(=O)(=O)NC2=NCCCCC2)c1. The highest BCUT2D eigenvalue weighted by molar-refractivity contribution is 7.90. The quantitative estimate of drug-likeness (QED) is 0.675. The molecule has 2 N–H and O–H groups in total. The number of carbonyl (C=O) groups excluding carboxylic acids is 1. The van der Waals surface area contributed by atoms with E-state index in [1.807, 2.05) is 0 Å². The molecule has 1 heterocycles. The summed E-state index contributed by atoms with van der Waals surface area (Å²) in [4.78, 5) is 16.8. The summed E-state index contributed by atoms with van der Waals surface area (Å²) in [5, 5.41) is 2.84. The van der Waals surface area contributed by atoms with Crippen LogP contribution in [0.4, 0.5) is 5.69 Å². The highest BCUT2D eigenvalue weighted by atomic mass is 32.2. The predicted octanol–water partition coefficient (Wildman–Crippen LogP) is 4.63. The second kappa shape index (κ2) is 10.8. The van der Waals surface area contributed by atoms with E-state index in [-0.39, 0.29) is 10.8 Å². The molecule has 0 radical (unpaired) electrons. The Morgan fingerprint density at radius 3 is 2.69 bits per heavy atom. The molecular formula is C22H33N3O3S. The lowest BCUT2D eigenvalue weighted by atomic mass is 9.86. The molecule has 0 aromatic heterocycles. The van der Waals surface area contributed by atoms with Crippen molar-refractivity contribution in [1.29, 1.82) is 0 Å². The van der Waals surface area contributed by atoms with Crippen LogP contribution in [-0.4, -0.2) is 26.7 Å². The lowest BCUT2D eigenvalue weighted by Crippen LogP contribution is -2.30. The van der Waals surface area contributed by atoms with E-state index in [2.05, 4.69) is 15.0 Å². The van der Waals surface area contributed by atoms with Gasteiger partial charge in [0.25, 0.3) is 10.0 Å². The Morgan fingerprint density at radius 2 is 1.86 bits per heavy atom. The molecule has 3 rings (SSSR count). The third-order valence-corrected chi connectivity index (χ3v) is 7.17. The van der Waals surface area contributed by atoms with Crippen molar-refractivity contribution in [2.45, 2.75) is 81.9 Å². The summed E-state index contributed by atoms with van der Waals surface area (Å²) in [5.41, 5.74) is 0.512. The van der Waals surface area contributed by atoms with Crippen LogP contribution >= 0.6 is 0 Å². The lowest BCUT2D eigenvalue weighted by Gasteiger charge is -2.21. The standard InChI is InChI=1S/C22H33N3O3S/c26-22(15-7-11-18-9-3-1-4-10-18)24-19-12-8-13-20(17-19)29(27,28)25-21-14-5-2-6-16-23-21/h8,12-13,17-18H,1-7,9-11,14-16H2,(H,23,25)(H,24,26). The normalized spacial score (nSPS) is 18.6. The van der Waals surface area contributed by atoms with Crippen LogP contribution in [0.2, 0.25) is 0 Å². The monoisotopic (exact) mass is 419 g/mol. The Labute approximate surface area is 174 Å². The van der Waals surface area contributed by atoms with Gasteiger partial charge in [-0.25, -0.2) is 8.42 Å². The van der Waals surface area contributed by atoms with Crippen molar-refractivity contribution in [1.82, 2.24) is 4.72 Å². The maximum Gasteiger partial charge on any atom is 0.262 e. The van der Waals surface area contributed by atoms with Crippen LogP contribution in [0, 0.1) is 5.92 Å². The van der Waals surface area contributed by atoms with E-state index in [9.17, 15) is 13.2 Å². The first-order valence-corrected chi connectivity index (χ1v) is 12.5. The number of benzene rings is 1. The highest BCUT2D eigenvalue weighted by Gasteiger charge is 2.18. The topological polar surface area (TPSA) is 87.6 Å². The van der Waals surface area contributed by atoms with Gasteiger partial charge in [0.15, 0.2) is 0 Å². The van der Waals surface area contributed by atoms with E-state index < -0.39 is 10.0 Å². The maximum absolute atomic E-state index is 12.7. The molecule has 0 spiro atoms. The summed E-state index contributed by atoms with van der Waals surface area (Å²) in [6.45, 7) is 0.662. The van der Waals surface area contributed by atoms with Crippen LogP contribution in [-0.2, 0) is 14.8 Å². The second-order valence-corrected chi connectivity index (χ2v) is 9.90. The number of hydrogen-bond acceptors (Lipinski definition) is 4. The largest absolute Gasteiger partial charge is 0.326 e. The van der Waals surface area contributed by atoms with Crippen molar-refractivity contribution in [2.75, 3.05) is 11.9 Å². The van der Waals surface area contributed by atoms with Gasteiger partial charge in [-0.1, -0.05) is 44.6 Å². The fourth-order valence-corrected chi connectivity index (χ4v) is 5.30. The first-order valence-electron chi connectivity index (χ1n) is 11.0. The first-order chi connectivity index (χ1) is 14.0. The number of amidine groups is 1. The molecule has 7 heteroatoms. The molecule has 1 aliphatic heterocycles. The van der Waals surface area contributed by atoms with Crippen LogP contribution in [0.1, 0.15) is 77.0 Å². The smallest absolute Gasteiger partial charge is 0.262 e. The number of hydrogen-bond donors (Lipinski definition) is 2. The van der Waals surface area contributed by atoms with Crippen LogP contribution in [0.3, 0.4) is 0 Å². The molecule has 1 amide bonds. The number of nitrogens with zero attached hydrogens (tertiary/aromatic N) is 1. The lowest BCUT2D eigenvalue weighted by molar-refractivity contribution is -0.116. The Morgan fingerprint density at radius 1 is 1.07 bits per heavy atom. The highest BCUT2D eigenvalue weighted by Crippen LogP contribution is 2.27. The zero-order valence-corrected chi connectivity index (χ0v) is 18.0. The van der Waals surface area contributed by atoms with Gasteiger partial charge < -0.3 is 5.32 Å². The van der Waals surface area contributed by atoms with Gasteiger partial charge >= 0.3 is 0 Å². The van der Waals surface area contributed by atoms with Gasteiger partial charge in [-0.3, -0.25) is 14.5 Å². The third kappa shape index (κ3) is 7.14. The van der Waals surface area contributed by atoms with E-state index in [0.717, 1.165) is 38.0 Å². The molecule has 1 fully saturated rings. The minimum absolute atomic E-state index is 0.0588. The van der Waals surface area contributed by atoms with Crippen molar-refractivity contribution in [3.8, 4) is 0 Å². The summed E-state index contributed by atoms with van der Waals surface area (Å²) >= 11 is 0. The second-order valence-electron chi connectivity index (χ2n) is 8.22. The fourth-order valence-electron chi connectivity index (χ4n) is 4.16. The van der Waals surface area contributed by atoms with Crippen LogP contribution < -0.4 is 10.0 Å². The van der Waals surface area contributed by atoms with Gasteiger partial charge in [0.05, 0.1) is 4.90 Å². The molecule has 0 unspecified atom stereocenters. The van der Waals surface area contributed by atoms with Crippen molar-refractivity contribution in [3.05, 3.63) is 24.3 Å². The summed E-state index contributed by atoms with van der Waals surface area (Å²) in [7, 11) is -3.70. The molecule has 0 saturated heterocycles. The molecule has 1 aromatic carbocycles. The predicted molar refractivity (Wildman–Crippen MR) is 117 cm³/mol. The van der Waals surface area contributed by atoms with Gasteiger partial charge in [-0.2, -0.15) is 0 Å². The molecule has 1 aliphatic carbocycles. The summed E-state index contributed by atoms with van der Waals surface area (Å²) in [6, 6.07) is 6.43. The Kier molecular flexibility index (Phi) is 8.09. The maximum atomic E-state index is 12.7. The van der Waals surface area contributed by atoms with Gasteiger partial charge in [-0.15, -0.1) is 0 Å². The summed E-state index contributed by atoms with van der Waals surface area (Å²) < 4.78 is 28.0.